The van der Waals surface area contributed by atoms with Crippen LogP contribution in [-0.4, -0.2) is 22.1 Å². The minimum Gasteiger partial charge on any atom is -0.480 e. The van der Waals surface area contributed by atoms with Crippen molar-refractivity contribution in [2.45, 2.75) is 0 Å². The van der Waals surface area contributed by atoms with Crippen molar-refractivity contribution >= 4 is 39.2 Å². The van der Waals surface area contributed by atoms with Crippen molar-refractivity contribution in [1.29, 1.82) is 0 Å². The molecule has 0 bridgehead atoms. The van der Waals surface area contributed by atoms with Crippen LogP contribution in [0.15, 0.2) is 42.5 Å². The highest BCUT2D eigenvalue weighted by Gasteiger charge is 2.15. The lowest BCUT2D eigenvalue weighted by Gasteiger charge is -2.06. The standard InChI is InChI=1S/C15H10ClNO3S/c16-13-11(20-8-12(18)19)7-6-10-14(17-21-15(10)13)9-4-2-1-3-5-9/h1-7H,8H2,(H,18,19). The van der Waals surface area contributed by atoms with E-state index in [1.165, 1.54) is 11.5 Å². The Labute approximate surface area is 129 Å². The first-order valence-electron chi connectivity index (χ1n) is 6.14. The predicted molar refractivity (Wildman–Crippen MR) is 83.2 cm³/mol. The van der Waals surface area contributed by atoms with Crippen LogP contribution in [0.5, 0.6) is 5.75 Å². The van der Waals surface area contributed by atoms with E-state index >= 15 is 0 Å². The van der Waals surface area contributed by atoms with Crippen LogP contribution < -0.4 is 4.74 Å². The van der Waals surface area contributed by atoms with Crippen molar-refractivity contribution < 1.29 is 14.6 Å². The van der Waals surface area contributed by atoms with E-state index in [1.807, 2.05) is 36.4 Å². The van der Waals surface area contributed by atoms with Gasteiger partial charge >= 0.3 is 5.97 Å². The number of carboxylic acid groups (broad SMARTS) is 1. The SMILES string of the molecule is O=C(O)COc1ccc2c(-c3ccccc3)nsc2c1Cl. The summed E-state index contributed by atoms with van der Waals surface area (Å²) in [6.45, 7) is -0.421. The molecule has 2 aromatic carbocycles. The van der Waals surface area contributed by atoms with Gasteiger partial charge in [-0.25, -0.2) is 4.79 Å². The maximum atomic E-state index is 10.6. The smallest absolute Gasteiger partial charge is 0.341 e. The molecular weight excluding hydrogens is 310 g/mol. The number of halogens is 1. The molecule has 0 atom stereocenters. The van der Waals surface area contributed by atoms with Gasteiger partial charge in [-0.15, -0.1) is 0 Å². The van der Waals surface area contributed by atoms with Crippen LogP contribution in [0.1, 0.15) is 0 Å². The van der Waals surface area contributed by atoms with Crippen LogP contribution in [0.3, 0.4) is 0 Å². The van der Waals surface area contributed by atoms with Gasteiger partial charge in [0.25, 0.3) is 0 Å². The zero-order chi connectivity index (χ0) is 14.8. The Balaban J connectivity index is 2.05. The van der Waals surface area contributed by atoms with Gasteiger partial charge < -0.3 is 9.84 Å². The molecule has 106 valence electrons. The first kappa shape index (κ1) is 13.9. The number of hydrogen-bond acceptors (Lipinski definition) is 4. The van der Waals surface area contributed by atoms with E-state index < -0.39 is 12.6 Å². The van der Waals surface area contributed by atoms with Crippen LogP contribution in [0.25, 0.3) is 21.3 Å². The lowest BCUT2D eigenvalue weighted by atomic mass is 10.1. The zero-order valence-corrected chi connectivity index (χ0v) is 12.3. The lowest BCUT2D eigenvalue weighted by molar-refractivity contribution is -0.139. The van der Waals surface area contributed by atoms with E-state index in [4.69, 9.17) is 21.4 Å². The summed E-state index contributed by atoms with van der Waals surface area (Å²) in [6, 6.07) is 13.3. The van der Waals surface area contributed by atoms with E-state index in [0.717, 1.165) is 21.3 Å². The van der Waals surface area contributed by atoms with Gasteiger partial charge in [0, 0.05) is 10.9 Å². The number of aromatic nitrogens is 1. The normalized spacial score (nSPS) is 10.7. The number of carboxylic acids is 1. The summed E-state index contributed by atoms with van der Waals surface area (Å²) in [6.07, 6.45) is 0. The van der Waals surface area contributed by atoms with E-state index in [2.05, 4.69) is 4.37 Å². The minimum atomic E-state index is -1.04. The zero-order valence-electron chi connectivity index (χ0n) is 10.7. The van der Waals surface area contributed by atoms with Gasteiger partial charge in [-0.3, -0.25) is 0 Å². The molecule has 1 N–H and O–H groups in total. The summed E-state index contributed by atoms with van der Waals surface area (Å²) in [5.74, 6) is -0.685. The molecule has 0 spiro atoms. The van der Waals surface area contributed by atoms with Gasteiger partial charge in [-0.1, -0.05) is 41.9 Å². The first-order valence-corrected chi connectivity index (χ1v) is 7.30. The highest BCUT2D eigenvalue weighted by atomic mass is 35.5. The highest BCUT2D eigenvalue weighted by Crippen LogP contribution is 2.39. The summed E-state index contributed by atoms with van der Waals surface area (Å²) < 4.78 is 10.4. The number of carbonyl (C=O) groups is 1. The second-order valence-corrected chi connectivity index (χ2v) is 5.49. The molecule has 0 saturated carbocycles. The number of aliphatic carboxylic acids is 1. The Morgan fingerprint density at radius 2 is 2.00 bits per heavy atom. The molecule has 0 aliphatic heterocycles. The van der Waals surface area contributed by atoms with Crippen molar-refractivity contribution in [2.24, 2.45) is 0 Å². The van der Waals surface area contributed by atoms with Gasteiger partial charge in [0.1, 0.15) is 10.8 Å². The molecule has 6 heteroatoms. The molecule has 4 nitrogen and oxygen atoms in total. The number of nitrogens with zero attached hydrogens (tertiary/aromatic N) is 1. The monoisotopic (exact) mass is 319 g/mol. The fourth-order valence-corrected chi connectivity index (χ4v) is 3.16. The van der Waals surface area contributed by atoms with Gasteiger partial charge in [0.05, 0.1) is 10.4 Å². The third kappa shape index (κ3) is 2.70. The molecule has 3 rings (SSSR count). The molecule has 0 radical (unpaired) electrons. The summed E-state index contributed by atoms with van der Waals surface area (Å²) in [5, 5.41) is 9.98. The Kier molecular flexibility index (Phi) is 3.77. The van der Waals surface area contributed by atoms with Crippen molar-refractivity contribution in [3.05, 3.63) is 47.5 Å². The number of fused-ring (bicyclic) bond motifs is 1. The molecule has 0 amide bonds. The van der Waals surface area contributed by atoms with Crippen LogP contribution >= 0.6 is 23.1 Å². The molecule has 0 unspecified atom stereocenters. The maximum absolute atomic E-state index is 10.6. The second kappa shape index (κ2) is 5.71. The van der Waals surface area contributed by atoms with E-state index in [0.29, 0.717) is 10.8 Å². The molecule has 0 aliphatic carbocycles. The average molecular weight is 320 g/mol. The van der Waals surface area contributed by atoms with Crippen LogP contribution in [-0.2, 0) is 4.79 Å². The van der Waals surface area contributed by atoms with Gasteiger partial charge in [-0.2, -0.15) is 4.37 Å². The van der Waals surface area contributed by atoms with E-state index in [-0.39, 0.29) is 0 Å². The first-order chi connectivity index (χ1) is 10.2. The molecule has 0 aliphatic rings. The Morgan fingerprint density at radius 3 is 2.71 bits per heavy atom. The Morgan fingerprint density at radius 1 is 1.24 bits per heavy atom. The molecule has 3 aromatic rings. The predicted octanol–water partition coefficient (Wildman–Crippen LogP) is 4.08. The van der Waals surface area contributed by atoms with Gasteiger partial charge in [-0.05, 0) is 23.7 Å². The molecule has 21 heavy (non-hydrogen) atoms. The van der Waals surface area contributed by atoms with Crippen LogP contribution in [0.4, 0.5) is 0 Å². The van der Waals surface area contributed by atoms with Crippen molar-refractivity contribution in [3.8, 4) is 17.0 Å². The summed E-state index contributed by atoms with van der Waals surface area (Å²) in [5.41, 5.74) is 1.88. The van der Waals surface area contributed by atoms with Crippen molar-refractivity contribution in [3.63, 3.8) is 0 Å². The van der Waals surface area contributed by atoms with Crippen molar-refractivity contribution in [1.82, 2.24) is 4.37 Å². The highest BCUT2D eigenvalue weighted by molar-refractivity contribution is 7.14. The number of hydrogen-bond donors (Lipinski definition) is 1. The van der Waals surface area contributed by atoms with Crippen LogP contribution in [0.2, 0.25) is 5.02 Å². The molecular formula is C15H10ClNO3S. The average Bonchev–Trinajstić information content (AvgIpc) is 2.92. The molecule has 0 fully saturated rings. The molecule has 0 saturated heterocycles. The molecule has 1 heterocycles. The largest absolute Gasteiger partial charge is 0.480 e. The van der Waals surface area contributed by atoms with E-state index in [1.54, 1.807) is 6.07 Å². The minimum absolute atomic E-state index is 0.356. The van der Waals surface area contributed by atoms with Crippen LogP contribution in [0, 0.1) is 0 Å². The Hall–Kier alpha value is -2.11. The number of benzene rings is 2. The second-order valence-electron chi connectivity index (χ2n) is 4.33. The fourth-order valence-electron chi connectivity index (χ4n) is 2.01. The quantitative estimate of drug-likeness (QED) is 0.787. The van der Waals surface area contributed by atoms with Gasteiger partial charge in [0.15, 0.2) is 6.61 Å². The summed E-state index contributed by atoms with van der Waals surface area (Å²) >= 11 is 7.55. The third-order valence-electron chi connectivity index (χ3n) is 2.94. The molecule has 1 aromatic heterocycles. The van der Waals surface area contributed by atoms with Crippen molar-refractivity contribution in [2.75, 3.05) is 6.61 Å². The Bertz CT molecular complexity index is 801. The third-order valence-corrected chi connectivity index (χ3v) is 4.31. The topological polar surface area (TPSA) is 59.4 Å². The fraction of sp³-hybridized carbons (Fsp3) is 0.0667. The maximum Gasteiger partial charge on any atom is 0.341 e. The number of ether oxygens (including phenoxy) is 1. The van der Waals surface area contributed by atoms with Gasteiger partial charge in [0.2, 0.25) is 0 Å². The lowest BCUT2D eigenvalue weighted by Crippen LogP contribution is -2.09. The summed E-state index contributed by atoms with van der Waals surface area (Å²) in [4.78, 5) is 10.6. The van der Waals surface area contributed by atoms with E-state index in [9.17, 15) is 4.79 Å². The number of rotatable bonds is 4. The summed E-state index contributed by atoms with van der Waals surface area (Å²) in [7, 11) is 0.